The Labute approximate surface area is 136 Å². The van der Waals surface area contributed by atoms with Crippen molar-refractivity contribution in [2.24, 2.45) is 0 Å². The molecule has 0 saturated carbocycles. The van der Waals surface area contributed by atoms with Crippen LogP contribution in [0.2, 0.25) is 0 Å². The Balaban J connectivity index is 1.55. The van der Waals surface area contributed by atoms with Crippen molar-refractivity contribution in [3.63, 3.8) is 0 Å². The van der Waals surface area contributed by atoms with Gasteiger partial charge in [0.25, 0.3) is 5.91 Å². The summed E-state index contributed by atoms with van der Waals surface area (Å²) in [7, 11) is 0. The number of urea groups is 1. The molecule has 2 aromatic rings. The Morgan fingerprint density at radius 1 is 1.08 bits per heavy atom. The van der Waals surface area contributed by atoms with Crippen LogP contribution in [0.1, 0.15) is 10.5 Å². The van der Waals surface area contributed by atoms with E-state index in [2.05, 4.69) is 20.3 Å². The molecule has 2 heterocycles. The molecule has 0 atom stereocenters. The summed E-state index contributed by atoms with van der Waals surface area (Å²) in [6.07, 6.45) is 0. The number of halogens is 1. The molecule has 0 aliphatic carbocycles. The van der Waals surface area contributed by atoms with Crippen molar-refractivity contribution in [1.29, 1.82) is 0 Å². The molecule has 1 aliphatic rings. The second kappa shape index (κ2) is 6.52. The second-order valence-electron chi connectivity index (χ2n) is 5.21. The number of anilines is 2. The van der Waals surface area contributed by atoms with Crippen LogP contribution in [0.15, 0.2) is 28.9 Å². The van der Waals surface area contributed by atoms with Gasteiger partial charge in [0.1, 0.15) is 5.82 Å². The third kappa shape index (κ3) is 3.26. The maximum absolute atomic E-state index is 12.9. The molecule has 1 aromatic heterocycles. The fourth-order valence-corrected chi connectivity index (χ4v) is 2.34. The zero-order chi connectivity index (χ0) is 17.1. The second-order valence-corrected chi connectivity index (χ2v) is 5.21. The van der Waals surface area contributed by atoms with Gasteiger partial charge in [-0.15, -0.1) is 0 Å². The molecule has 126 valence electrons. The minimum Gasteiger partial charge on any atom is -0.379 e. The maximum atomic E-state index is 12.9. The topological polar surface area (TPSA) is 118 Å². The number of hydrogen-bond donors (Lipinski definition) is 2. The summed E-state index contributed by atoms with van der Waals surface area (Å²) >= 11 is 0. The highest BCUT2D eigenvalue weighted by molar-refractivity contribution is 5.96. The zero-order valence-corrected chi connectivity index (χ0v) is 12.6. The number of nitrogens with one attached hydrogen (secondary N) is 1. The van der Waals surface area contributed by atoms with E-state index in [9.17, 15) is 14.0 Å². The van der Waals surface area contributed by atoms with Crippen LogP contribution >= 0.6 is 0 Å². The van der Waals surface area contributed by atoms with E-state index in [0.717, 1.165) is 0 Å². The predicted molar refractivity (Wildman–Crippen MR) is 81.6 cm³/mol. The zero-order valence-electron chi connectivity index (χ0n) is 12.6. The minimum absolute atomic E-state index is 0.0285. The Morgan fingerprint density at radius 2 is 1.71 bits per heavy atom. The number of rotatable bonds is 2. The molecule has 3 rings (SSSR count). The highest BCUT2D eigenvalue weighted by Crippen LogP contribution is 2.13. The number of nitrogen functional groups attached to an aromatic ring is 1. The molecule has 0 unspecified atom stereocenters. The van der Waals surface area contributed by atoms with Crippen LogP contribution < -0.4 is 11.1 Å². The Morgan fingerprint density at radius 3 is 2.29 bits per heavy atom. The summed E-state index contributed by atoms with van der Waals surface area (Å²) in [4.78, 5) is 27.5. The Bertz CT molecular complexity index is 739. The lowest BCUT2D eigenvalue weighted by Gasteiger charge is -2.34. The number of carbonyl (C=O) groups is 2. The number of benzene rings is 1. The summed E-state index contributed by atoms with van der Waals surface area (Å²) in [5.74, 6) is -0.814. The Kier molecular flexibility index (Phi) is 4.27. The van der Waals surface area contributed by atoms with Crippen LogP contribution in [-0.2, 0) is 0 Å². The molecular formula is C14H15FN6O3. The number of piperazine rings is 1. The summed E-state index contributed by atoms with van der Waals surface area (Å²) in [6, 6.07) is 5.18. The number of nitrogens with zero attached hydrogens (tertiary/aromatic N) is 4. The first kappa shape index (κ1) is 15.7. The standard InChI is InChI=1S/C14H15FN6O3/c15-9-1-3-10(4-2-9)17-14(23)21-7-5-20(6-8-21)13(22)11-12(16)19-24-18-11/h1-4H,5-8H2,(H2,16,19)(H,17,23). The molecule has 1 aromatic carbocycles. The van der Waals surface area contributed by atoms with E-state index in [-0.39, 0.29) is 29.3 Å². The van der Waals surface area contributed by atoms with E-state index in [1.165, 1.54) is 29.2 Å². The van der Waals surface area contributed by atoms with Gasteiger partial charge >= 0.3 is 6.03 Å². The Hall–Kier alpha value is -3.17. The van der Waals surface area contributed by atoms with Gasteiger partial charge in [0.2, 0.25) is 11.5 Å². The van der Waals surface area contributed by atoms with Crippen LogP contribution in [-0.4, -0.2) is 58.2 Å². The molecule has 3 N–H and O–H groups in total. The van der Waals surface area contributed by atoms with E-state index in [0.29, 0.717) is 31.9 Å². The fourth-order valence-electron chi connectivity index (χ4n) is 2.34. The van der Waals surface area contributed by atoms with Crippen LogP contribution in [0.3, 0.4) is 0 Å². The third-order valence-electron chi connectivity index (χ3n) is 3.67. The number of carbonyl (C=O) groups excluding carboxylic acids is 2. The molecule has 0 radical (unpaired) electrons. The average Bonchev–Trinajstić information content (AvgIpc) is 3.02. The van der Waals surface area contributed by atoms with Crippen LogP contribution in [0, 0.1) is 5.82 Å². The molecule has 0 spiro atoms. The van der Waals surface area contributed by atoms with Gasteiger partial charge in [0.15, 0.2) is 0 Å². The first-order chi connectivity index (χ1) is 11.5. The highest BCUT2D eigenvalue weighted by Gasteiger charge is 2.28. The summed E-state index contributed by atoms with van der Waals surface area (Å²) in [5.41, 5.74) is 5.98. The van der Waals surface area contributed by atoms with Crippen LogP contribution in [0.4, 0.5) is 20.7 Å². The fraction of sp³-hybridized carbons (Fsp3) is 0.286. The molecule has 1 saturated heterocycles. The number of amides is 3. The van der Waals surface area contributed by atoms with Crippen molar-refractivity contribution in [2.45, 2.75) is 0 Å². The van der Waals surface area contributed by atoms with Crippen molar-refractivity contribution in [2.75, 3.05) is 37.2 Å². The van der Waals surface area contributed by atoms with Gasteiger partial charge in [0.05, 0.1) is 0 Å². The van der Waals surface area contributed by atoms with Gasteiger partial charge in [-0.25, -0.2) is 13.8 Å². The lowest BCUT2D eigenvalue weighted by molar-refractivity contribution is 0.0661. The van der Waals surface area contributed by atoms with E-state index in [1.807, 2.05) is 0 Å². The number of nitrogens with two attached hydrogens (primary N) is 1. The molecule has 0 bridgehead atoms. The highest BCUT2D eigenvalue weighted by atomic mass is 19.1. The number of hydrogen-bond acceptors (Lipinski definition) is 6. The molecule has 24 heavy (non-hydrogen) atoms. The average molecular weight is 334 g/mol. The van der Waals surface area contributed by atoms with Crippen molar-refractivity contribution in [3.8, 4) is 0 Å². The lowest BCUT2D eigenvalue weighted by atomic mass is 10.2. The molecule has 9 nitrogen and oxygen atoms in total. The van der Waals surface area contributed by atoms with Crippen molar-refractivity contribution in [3.05, 3.63) is 35.8 Å². The van der Waals surface area contributed by atoms with Crippen LogP contribution in [0.25, 0.3) is 0 Å². The first-order valence-corrected chi connectivity index (χ1v) is 7.23. The quantitative estimate of drug-likeness (QED) is 0.838. The van der Waals surface area contributed by atoms with Gasteiger partial charge in [-0.3, -0.25) is 4.79 Å². The minimum atomic E-state index is -0.382. The molecule has 1 fully saturated rings. The molecular weight excluding hydrogens is 319 g/mol. The van der Waals surface area contributed by atoms with E-state index >= 15 is 0 Å². The van der Waals surface area contributed by atoms with Crippen molar-refractivity contribution >= 4 is 23.4 Å². The largest absolute Gasteiger partial charge is 0.379 e. The third-order valence-corrected chi connectivity index (χ3v) is 3.67. The van der Waals surface area contributed by atoms with Crippen LogP contribution in [0.5, 0.6) is 0 Å². The summed E-state index contributed by atoms with van der Waals surface area (Å²) < 4.78 is 17.3. The molecule has 1 aliphatic heterocycles. The van der Waals surface area contributed by atoms with Crippen molar-refractivity contribution in [1.82, 2.24) is 20.1 Å². The smallest absolute Gasteiger partial charge is 0.321 e. The SMILES string of the molecule is Nc1nonc1C(=O)N1CCN(C(=O)Nc2ccc(F)cc2)CC1. The van der Waals surface area contributed by atoms with E-state index in [1.54, 1.807) is 4.90 Å². The van der Waals surface area contributed by atoms with Gasteiger partial charge in [0, 0.05) is 31.9 Å². The normalized spacial score (nSPS) is 14.5. The van der Waals surface area contributed by atoms with Gasteiger partial charge in [-0.05, 0) is 34.6 Å². The summed E-state index contributed by atoms with van der Waals surface area (Å²) in [5, 5.41) is 9.53. The lowest BCUT2D eigenvalue weighted by Crippen LogP contribution is -2.51. The van der Waals surface area contributed by atoms with E-state index in [4.69, 9.17) is 5.73 Å². The first-order valence-electron chi connectivity index (χ1n) is 7.23. The monoisotopic (exact) mass is 334 g/mol. The van der Waals surface area contributed by atoms with Gasteiger partial charge < -0.3 is 20.9 Å². The molecule has 10 heteroatoms. The maximum Gasteiger partial charge on any atom is 0.321 e. The molecule has 3 amide bonds. The van der Waals surface area contributed by atoms with Crippen molar-refractivity contribution < 1.29 is 18.6 Å². The summed E-state index contributed by atoms with van der Waals surface area (Å²) in [6.45, 7) is 1.37. The number of aromatic nitrogens is 2. The van der Waals surface area contributed by atoms with Gasteiger partial charge in [-0.2, -0.15) is 0 Å². The van der Waals surface area contributed by atoms with E-state index < -0.39 is 0 Å². The van der Waals surface area contributed by atoms with Gasteiger partial charge in [-0.1, -0.05) is 0 Å². The predicted octanol–water partition coefficient (Wildman–Crippen LogP) is 0.781.